The lowest BCUT2D eigenvalue weighted by molar-refractivity contribution is -0.121. The number of hydrogen-bond donors (Lipinski definition) is 3. The number of rotatable bonds is 7. The van der Waals surface area contributed by atoms with Crippen LogP contribution >= 0.6 is 23.2 Å². The Morgan fingerprint density at radius 1 is 1.26 bits per heavy atom. The molecule has 6 nitrogen and oxygen atoms in total. The van der Waals surface area contributed by atoms with Crippen molar-refractivity contribution in [3.8, 4) is 0 Å². The number of fused-ring (bicyclic) bond motifs is 1. The molecule has 1 aliphatic rings. The van der Waals surface area contributed by atoms with Crippen LogP contribution in [0.3, 0.4) is 0 Å². The van der Waals surface area contributed by atoms with E-state index in [0.29, 0.717) is 28.7 Å². The quantitative estimate of drug-likeness (QED) is 0.322. The maximum Gasteiger partial charge on any atom is 0.286 e. The number of aromatic amines is 1. The van der Waals surface area contributed by atoms with Crippen molar-refractivity contribution < 1.29 is 14.6 Å². The van der Waals surface area contributed by atoms with Crippen LogP contribution in [0.5, 0.6) is 0 Å². The number of ether oxygens (including phenoxy) is 1. The zero-order chi connectivity index (χ0) is 22.5. The first-order chi connectivity index (χ1) is 14.8. The average molecular weight is 466 g/mol. The molecular weight excluding hydrogens is 437 g/mol. The highest BCUT2D eigenvalue weighted by Gasteiger charge is 2.31. The van der Waals surface area contributed by atoms with Crippen LogP contribution in [-0.4, -0.2) is 59.3 Å². The molecule has 8 heteroatoms. The summed E-state index contributed by atoms with van der Waals surface area (Å²) in [7, 11) is 1.49. The molecule has 1 aromatic carbocycles. The molecule has 1 aliphatic heterocycles. The third-order valence-electron chi connectivity index (χ3n) is 5.73. The van der Waals surface area contributed by atoms with Crippen molar-refractivity contribution in [2.45, 2.75) is 44.8 Å². The van der Waals surface area contributed by atoms with Crippen LogP contribution in [0.1, 0.15) is 32.4 Å². The number of methoxy groups -OCH3 is 1. The number of amides is 1. The van der Waals surface area contributed by atoms with Gasteiger partial charge in [0.05, 0.1) is 23.8 Å². The summed E-state index contributed by atoms with van der Waals surface area (Å²) in [4.78, 5) is 18.2. The third-order valence-corrected chi connectivity index (χ3v) is 6.45. The average Bonchev–Trinajstić information content (AvgIpc) is 3.09. The van der Waals surface area contributed by atoms with Crippen molar-refractivity contribution in [2.75, 3.05) is 20.3 Å². The van der Waals surface area contributed by atoms with Gasteiger partial charge in [-0.15, -0.1) is 0 Å². The summed E-state index contributed by atoms with van der Waals surface area (Å²) in [5.41, 5.74) is 1.75. The minimum absolute atomic E-state index is 0.0678. The second kappa shape index (κ2) is 10.6. The summed E-state index contributed by atoms with van der Waals surface area (Å²) in [5.74, 6) is 0.0129. The van der Waals surface area contributed by atoms with Crippen molar-refractivity contribution in [2.24, 2.45) is 0 Å². The number of aliphatic hydroxyl groups excluding tert-OH is 1. The number of allylic oxidation sites excluding steroid dienone is 2. The highest BCUT2D eigenvalue weighted by Crippen LogP contribution is 2.28. The van der Waals surface area contributed by atoms with Crippen LogP contribution in [0.4, 0.5) is 0 Å². The second-order valence-electron chi connectivity index (χ2n) is 7.97. The Labute approximate surface area is 192 Å². The van der Waals surface area contributed by atoms with Gasteiger partial charge in [0.2, 0.25) is 0 Å². The summed E-state index contributed by atoms with van der Waals surface area (Å²) in [6, 6.07) is 6.20. The zero-order valence-electron chi connectivity index (χ0n) is 18.0. The van der Waals surface area contributed by atoms with E-state index in [2.05, 4.69) is 29.0 Å². The van der Waals surface area contributed by atoms with Crippen LogP contribution in [0.2, 0.25) is 10.0 Å². The van der Waals surface area contributed by atoms with E-state index in [0.717, 1.165) is 29.4 Å². The molecule has 1 aromatic heterocycles. The molecule has 2 heterocycles. The topological polar surface area (TPSA) is 77.6 Å². The summed E-state index contributed by atoms with van der Waals surface area (Å²) < 4.78 is 5.30. The lowest BCUT2D eigenvalue weighted by Gasteiger charge is -2.42. The highest BCUT2D eigenvalue weighted by atomic mass is 35.5. The van der Waals surface area contributed by atoms with Crippen molar-refractivity contribution in [1.29, 1.82) is 0 Å². The highest BCUT2D eigenvalue weighted by molar-refractivity contribution is 6.42. The zero-order valence-corrected chi connectivity index (χ0v) is 19.5. The summed E-state index contributed by atoms with van der Waals surface area (Å²) in [6.45, 7) is 5.05. The summed E-state index contributed by atoms with van der Waals surface area (Å²) in [6.07, 6.45) is 6.94. The number of halogens is 2. The molecule has 2 atom stereocenters. The van der Waals surface area contributed by atoms with Gasteiger partial charge in [0, 0.05) is 41.3 Å². The predicted molar refractivity (Wildman–Crippen MR) is 126 cm³/mol. The lowest BCUT2D eigenvalue weighted by atomic mass is 9.92. The van der Waals surface area contributed by atoms with Crippen molar-refractivity contribution in [3.05, 3.63) is 51.8 Å². The molecule has 2 unspecified atom stereocenters. The molecule has 31 heavy (non-hydrogen) atoms. The Morgan fingerprint density at radius 3 is 2.58 bits per heavy atom. The summed E-state index contributed by atoms with van der Waals surface area (Å²) >= 11 is 12.1. The minimum atomic E-state index is -0.234. The molecule has 3 N–H and O–H groups in total. The lowest BCUT2D eigenvalue weighted by Crippen LogP contribution is -2.53. The number of hydrogen-bond acceptors (Lipinski definition) is 4. The van der Waals surface area contributed by atoms with Crippen LogP contribution in [-0.2, 0) is 9.53 Å². The van der Waals surface area contributed by atoms with Crippen LogP contribution in [0.25, 0.3) is 17.0 Å². The van der Waals surface area contributed by atoms with Gasteiger partial charge in [0.15, 0.2) is 5.76 Å². The molecule has 1 fully saturated rings. The van der Waals surface area contributed by atoms with Gasteiger partial charge in [-0.05, 0) is 57.0 Å². The number of carbonyl (C=O) groups excluding carboxylic acids is 1. The number of carbonyl (C=O) groups is 1. The van der Waals surface area contributed by atoms with Crippen molar-refractivity contribution in [1.82, 2.24) is 15.2 Å². The van der Waals surface area contributed by atoms with Gasteiger partial charge in [-0.1, -0.05) is 29.3 Å². The molecule has 1 saturated heterocycles. The third kappa shape index (κ3) is 5.83. The van der Waals surface area contributed by atoms with E-state index in [1.807, 2.05) is 18.2 Å². The maximum absolute atomic E-state index is 12.7. The fourth-order valence-corrected chi connectivity index (χ4v) is 4.61. The predicted octanol–water partition coefficient (Wildman–Crippen LogP) is 4.37. The second-order valence-corrected chi connectivity index (χ2v) is 8.79. The van der Waals surface area contributed by atoms with Crippen LogP contribution in [0.15, 0.2) is 36.1 Å². The van der Waals surface area contributed by atoms with E-state index in [1.165, 1.54) is 7.11 Å². The Balaban J connectivity index is 1.64. The van der Waals surface area contributed by atoms with E-state index in [-0.39, 0.29) is 24.3 Å². The number of β-amino-alcohol motifs (C(OH)–C–C–N with tert-alkyl or cyclic N) is 1. The van der Waals surface area contributed by atoms with Crippen LogP contribution in [0, 0.1) is 0 Å². The molecule has 2 aromatic rings. The normalized spacial score (nSPS) is 22.9. The van der Waals surface area contributed by atoms with Gasteiger partial charge < -0.3 is 20.1 Å². The van der Waals surface area contributed by atoms with Gasteiger partial charge in [0.25, 0.3) is 5.91 Å². The van der Waals surface area contributed by atoms with Crippen molar-refractivity contribution in [3.63, 3.8) is 0 Å². The number of nitrogens with zero attached hydrogens (tertiary/aromatic N) is 1. The van der Waals surface area contributed by atoms with Crippen molar-refractivity contribution >= 4 is 46.1 Å². The molecule has 0 saturated carbocycles. The van der Waals surface area contributed by atoms with Gasteiger partial charge in [-0.3, -0.25) is 9.69 Å². The van der Waals surface area contributed by atoms with E-state index < -0.39 is 0 Å². The Hall–Kier alpha value is -1.99. The van der Waals surface area contributed by atoms with E-state index in [9.17, 15) is 9.90 Å². The number of aliphatic hydroxyl groups is 1. The molecule has 1 amide bonds. The number of likely N-dealkylation sites (tertiary alicyclic amines) is 1. The Bertz CT molecular complexity index is 935. The first-order valence-corrected chi connectivity index (χ1v) is 11.2. The molecule has 0 spiro atoms. The fourth-order valence-electron chi connectivity index (χ4n) is 4.27. The monoisotopic (exact) mass is 465 g/mol. The minimum Gasteiger partial charge on any atom is -0.491 e. The van der Waals surface area contributed by atoms with Crippen LogP contribution < -0.4 is 5.32 Å². The largest absolute Gasteiger partial charge is 0.491 e. The number of H-pyrrole nitrogens is 1. The number of nitrogens with one attached hydrogen (secondary N) is 2. The number of piperidine rings is 1. The SMILES string of the molecule is CO/C(=C/C=C/c1cc2cc(Cl)c(Cl)cc2[nH]1)C(=O)NC1CC(C)N(CCO)C(C)C1. The molecule has 0 aliphatic carbocycles. The molecular formula is C23H29Cl2N3O3. The Kier molecular flexibility index (Phi) is 8.06. The maximum atomic E-state index is 12.7. The first kappa shape index (κ1) is 23.7. The van der Waals surface area contributed by atoms with E-state index >= 15 is 0 Å². The van der Waals surface area contributed by atoms with E-state index in [4.69, 9.17) is 27.9 Å². The summed E-state index contributed by atoms with van der Waals surface area (Å²) in [5, 5.41) is 14.3. The standard InChI is InChI=1S/C23H29Cl2N3O3/c1-14-9-18(10-15(2)28(14)7-8-29)27-23(30)22(31-3)6-4-5-17-11-16-12-19(24)20(25)13-21(16)26-17/h4-6,11-15,18,26,29H,7-10H2,1-3H3,(H,27,30)/b5-4+,22-6+. The van der Waals surface area contributed by atoms with Gasteiger partial charge in [-0.25, -0.2) is 0 Å². The number of benzene rings is 1. The Morgan fingerprint density at radius 2 is 1.94 bits per heavy atom. The molecule has 0 radical (unpaired) electrons. The van der Waals surface area contributed by atoms with E-state index in [1.54, 1.807) is 18.2 Å². The fraction of sp³-hybridized carbons (Fsp3) is 0.435. The number of aromatic nitrogens is 1. The first-order valence-electron chi connectivity index (χ1n) is 10.4. The van der Waals surface area contributed by atoms with Gasteiger partial charge >= 0.3 is 0 Å². The van der Waals surface area contributed by atoms with Gasteiger partial charge in [-0.2, -0.15) is 0 Å². The van der Waals surface area contributed by atoms with Gasteiger partial charge in [0.1, 0.15) is 0 Å². The molecule has 3 rings (SSSR count). The smallest absolute Gasteiger partial charge is 0.286 e. The molecule has 0 bridgehead atoms. The molecule has 168 valence electrons.